The number of aryl methyl sites for hydroxylation is 1. The minimum atomic E-state index is 0.591. The molecule has 58 valence electrons. The predicted molar refractivity (Wildman–Crippen MR) is 45.4 cm³/mol. The van der Waals surface area contributed by atoms with Crippen molar-refractivity contribution in [1.82, 2.24) is 0 Å². The largest absolute Gasteiger partial charge is 0.259 e. The van der Waals surface area contributed by atoms with Crippen LogP contribution in [0.15, 0.2) is 18.2 Å². The molecule has 0 saturated carbocycles. The third-order valence-electron chi connectivity index (χ3n) is 1.51. The molecule has 0 aromatic heterocycles. The number of nitrogens with zero attached hydrogens (tertiary/aromatic N) is 1. The van der Waals surface area contributed by atoms with E-state index < -0.39 is 0 Å². The van der Waals surface area contributed by atoms with Gasteiger partial charge in [0.1, 0.15) is 0 Å². The van der Waals surface area contributed by atoms with E-state index in [9.17, 15) is 4.91 Å². The van der Waals surface area contributed by atoms with Gasteiger partial charge in [0.2, 0.25) is 0 Å². The highest BCUT2D eigenvalue weighted by Crippen LogP contribution is 2.21. The van der Waals surface area contributed by atoms with E-state index in [1.165, 1.54) is 7.05 Å². The van der Waals surface area contributed by atoms with Crippen LogP contribution in [0.3, 0.4) is 0 Å². The summed E-state index contributed by atoms with van der Waals surface area (Å²) in [5.74, 6) is 0. The highest BCUT2D eigenvalue weighted by molar-refractivity contribution is 6.30. The Morgan fingerprint density at radius 2 is 2.09 bits per heavy atom. The molecule has 0 bridgehead atoms. The van der Waals surface area contributed by atoms with Gasteiger partial charge >= 0.3 is 0 Å². The second kappa shape index (κ2) is 3.01. The van der Waals surface area contributed by atoms with Crippen molar-refractivity contribution < 1.29 is 4.76 Å². The van der Waals surface area contributed by atoms with Gasteiger partial charge in [0, 0.05) is 26.3 Å². The second-order valence-electron chi connectivity index (χ2n) is 2.43. The first-order chi connectivity index (χ1) is 5.11. The van der Waals surface area contributed by atoms with Gasteiger partial charge in [-0.25, -0.2) is 0 Å². The number of hydrogen-bond donors (Lipinski definition) is 0. The minimum Gasteiger partial charge on any atom is -0.0841 e. The molecule has 0 aliphatic carbocycles. The van der Waals surface area contributed by atoms with Crippen LogP contribution in [0.5, 0.6) is 0 Å². The van der Waals surface area contributed by atoms with Crippen LogP contribution in [0.4, 0.5) is 5.69 Å². The van der Waals surface area contributed by atoms with Crippen molar-refractivity contribution in [2.24, 2.45) is 0 Å². The van der Waals surface area contributed by atoms with Crippen LogP contribution in [0.25, 0.3) is 0 Å². The van der Waals surface area contributed by atoms with E-state index in [1.54, 1.807) is 12.1 Å². The quantitative estimate of drug-likeness (QED) is 0.594. The molecule has 0 aliphatic rings. The second-order valence-corrected chi connectivity index (χ2v) is 2.86. The lowest BCUT2D eigenvalue weighted by atomic mass is 10.2. The van der Waals surface area contributed by atoms with Gasteiger partial charge in [0.05, 0.1) is 0 Å². The molecule has 1 aromatic rings. The summed E-state index contributed by atoms with van der Waals surface area (Å²) in [6.45, 7) is 1.88. The maximum atomic E-state index is 10.9. The van der Waals surface area contributed by atoms with Gasteiger partial charge in [0.15, 0.2) is 7.05 Å². The zero-order valence-corrected chi connectivity index (χ0v) is 7.22. The molecule has 1 aromatic carbocycles. The molecule has 0 unspecified atom stereocenters. The number of hydrogen-bond acceptors (Lipinski definition) is 1. The molecule has 0 heterocycles. The smallest absolute Gasteiger partial charge is 0.0841 e. The Kier molecular flexibility index (Phi) is 2.25. The van der Waals surface area contributed by atoms with Crippen LogP contribution >= 0.6 is 11.6 Å². The Hall–Kier alpha value is -0.890. The fourth-order valence-corrected chi connectivity index (χ4v) is 1.09. The Labute approximate surface area is 70.4 Å². The summed E-state index contributed by atoms with van der Waals surface area (Å²) in [4.78, 5) is 10.9. The molecule has 0 fully saturated rings. The standard InChI is InChI=1S/C8H9ClNO/c1-6-3-4-7(9)5-8(6)10(2)11/h3-5H,1-2H3/q+1. The minimum absolute atomic E-state index is 0.591. The van der Waals surface area contributed by atoms with Crippen LogP contribution in [0.1, 0.15) is 5.56 Å². The van der Waals surface area contributed by atoms with E-state index in [4.69, 9.17) is 11.6 Å². The van der Waals surface area contributed by atoms with E-state index in [0.717, 1.165) is 10.3 Å². The summed E-state index contributed by atoms with van der Waals surface area (Å²) in [6, 6.07) is 5.25. The molecule has 0 atom stereocenters. The van der Waals surface area contributed by atoms with Gasteiger partial charge in [-0.05, 0) is 13.0 Å². The van der Waals surface area contributed by atoms with Gasteiger partial charge in [-0.1, -0.05) is 17.7 Å². The average Bonchev–Trinajstić information content (AvgIpc) is 1.94. The number of benzene rings is 1. The number of nitroso groups, excluding NO2 is 1. The fourth-order valence-electron chi connectivity index (χ4n) is 0.922. The molecule has 11 heavy (non-hydrogen) atoms. The predicted octanol–water partition coefficient (Wildman–Crippen LogP) is 2.69. The van der Waals surface area contributed by atoms with Crippen molar-refractivity contribution in [3.05, 3.63) is 33.7 Å². The molecule has 2 nitrogen and oxygen atoms in total. The topological polar surface area (TPSA) is 20.1 Å². The molecular weight excluding hydrogens is 162 g/mol. The molecule has 0 radical (unpaired) electrons. The summed E-state index contributed by atoms with van der Waals surface area (Å²) < 4.78 is 0.807. The first kappa shape index (κ1) is 8.21. The lowest BCUT2D eigenvalue weighted by molar-refractivity contribution is -0.428. The number of halogens is 1. The van der Waals surface area contributed by atoms with E-state index in [-0.39, 0.29) is 0 Å². The van der Waals surface area contributed by atoms with Gasteiger partial charge in [0.25, 0.3) is 5.69 Å². The number of rotatable bonds is 1. The summed E-state index contributed by atoms with van der Waals surface area (Å²) in [6.07, 6.45) is 0. The SMILES string of the molecule is Cc1ccc(Cl)cc1[N+](C)=O. The molecular formula is C8H9ClNO+. The molecule has 0 aliphatic heterocycles. The summed E-state index contributed by atoms with van der Waals surface area (Å²) in [7, 11) is 1.46. The monoisotopic (exact) mass is 170 g/mol. The van der Waals surface area contributed by atoms with Gasteiger partial charge in [-0.2, -0.15) is 0 Å². The molecule has 0 N–H and O–H groups in total. The van der Waals surface area contributed by atoms with Crippen LogP contribution in [-0.4, -0.2) is 11.8 Å². The van der Waals surface area contributed by atoms with Crippen LogP contribution in [0, 0.1) is 11.8 Å². The molecule has 0 saturated heterocycles. The zero-order valence-electron chi connectivity index (χ0n) is 6.47. The summed E-state index contributed by atoms with van der Waals surface area (Å²) in [5.41, 5.74) is 1.56. The third kappa shape index (κ3) is 1.77. The molecule has 3 heteroatoms. The van der Waals surface area contributed by atoms with Crippen molar-refractivity contribution in [2.75, 3.05) is 7.05 Å². The van der Waals surface area contributed by atoms with Crippen LogP contribution in [-0.2, 0) is 0 Å². The highest BCUT2D eigenvalue weighted by atomic mass is 35.5. The van der Waals surface area contributed by atoms with Crippen molar-refractivity contribution in [2.45, 2.75) is 6.92 Å². The van der Waals surface area contributed by atoms with Gasteiger partial charge in [-0.15, -0.1) is 0 Å². The van der Waals surface area contributed by atoms with Crippen molar-refractivity contribution in [3.8, 4) is 0 Å². The van der Waals surface area contributed by atoms with E-state index in [2.05, 4.69) is 0 Å². The molecule has 1 rings (SSSR count). The average molecular weight is 171 g/mol. The van der Waals surface area contributed by atoms with E-state index in [0.29, 0.717) is 10.7 Å². The Bertz CT molecular complexity index is 296. The molecule has 0 spiro atoms. The first-order valence-electron chi connectivity index (χ1n) is 3.28. The van der Waals surface area contributed by atoms with Gasteiger partial charge < -0.3 is 0 Å². The maximum absolute atomic E-state index is 10.9. The highest BCUT2D eigenvalue weighted by Gasteiger charge is 2.10. The Balaban J connectivity index is 3.23. The molecule has 0 amide bonds. The van der Waals surface area contributed by atoms with E-state index >= 15 is 0 Å². The maximum Gasteiger partial charge on any atom is 0.259 e. The van der Waals surface area contributed by atoms with Crippen molar-refractivity contribution >= 4 is 17.3 Å². The van der Waals surface area contributed by atoms with Gasteiger partial charge in [-0.3, -0.25) is 0 Å². The lowest BCUT2D eigenvalue weighted by Gasteiger charge is -1.93. The van der Waals surface area contributed by atoms with Crippen molar-refractivity contribution in [3.63, 3.8) is 0 Å². The Morgan fingerprint density at radius 1 is 1.45 bits per heavy atom. The van der Waals surface area contributed by atoms with E-state index in [1.807, 2.05) is 13.0 Å². The van der Waals surface area contributed by atoms with Crippen LogP contribution < -0.4 is 0 Å². The lowest BCUT2D eigenvalue weighted by Crippen LogP contribution is -1.92. The fraction of sp³-hybridized carbons (Fsp3) is 0.250. The summed E-state index contributed by atoms with van der Waals surface area (Å²) >= 11 is 5.70. The summed E-state index contributed by atoms with van der Waals surface area (Å²) in [5, 5.41) is 0.591. The van der Waals surface area contributed by atoms with Crippen molar-refractivity contribution in [1.29, 1.82) is 0 Å². The normalized spacial score (nSPS) is 9.73. The van der Waals surface area contributed by atoms with Crippen LogP contribution in [0.2, 0.25) is 5.02 Å². The first-order valence-corrected chi connectivity index (χ1v) is 3.66. The Morgan fingerprint density at radius 3 is 2.55 bits per heavy atom. The zero-order chi connectivity index (χ0) is 8.43. The third-order valence-corrected chi connectivity index (χ3v) is 1.75.